The van der Waals surface area contributed by atoms with Crippen molar-refractivity contribution in [2.45, 2.75) is 77.7 Å². The molecular formula is C16H34N2. The van der Waals surface area contributed by atoms with Crippen molar-refractivity contribution in [2.24, 2.45) is 11.7 Å². The van der Waals surface area contributed by atoms with Gasteiger partial charge in [0.2, 0.25) is 0 Å². The van der Waals surface area contributed by atoms with Crippen molar-refractivity contribution < 1.29 is 0 Å². The molecule has 2 heteroatoms. The second-order valence-corrected chi connectivity index (χ2v) is 6.07. The fraction of sp³-hybridized carbons (Fsp3) is 1.00. The second-order valence-electron chi connectivity index (χ2n) is 6.07. The zero-order chi connectivity index (χ0) is 13.2. The zero-order valence-electron chi connectivity index (χ0n) is 12.7. The van der Waals surface area contributed by atoms with Crippen LogP contribution in [0.3, 0.4) is 0 Å². The van der Waals surface area contributed by atoms with E-state index in [0.717, 1.165) is 12.5 Å². The molecule has 0 bridgehead atoms. The molecule has 1 atom stereocenters. The summed E-state index contributed by atoms with van der Waals surface area (Å²) in [7, 11) is 0. The zero-order valence-corrected chi connectivity index (χ0v) is 12.7. The third-order valence-corrected chi connectivity index (χ3v) is 4.38. The monoisotopic (exact) mass is 254 g/mol. The van der Waals surface area contributed by atoms with Crippen molar-refractivity contribution in [1.82, 2.24) is 4.90 Å². The maximum Gasteiger partial charge on any atom is 0.0196 e. The van der Waals surface area contributed by atoms with Crippen LogP contribution in [0.5, 0.6) is 0 Å². The first kappa shape index (κ1) is 16.0. The minimum atomic E-state index is 0.416. The van der Waals surface area contributed by atoms with Crippen LogP contribution in [0.2, 0.25) is 0 Å². The summed E-state index contributed by atoms with van der Waals surface area (Å²) in [5.74, 6) is 0.796. The molecule has 1 saturated carbocycles. The lowest BCUT2D eigenvalue weighted by atomic mass is 9.84. The van der Waals surface area contributed by atoms with Crippen LogP contribution in [0.15, 0.2) is 0 Å². The summed E-state index contributed by atoms with van der Waals surface area (Å²) >= 11 is 0. The summed E-state index contributed by atoms with van der Waals surface area (Å²) in [4.78, 5) is 2.62. The Kier molecular flexibility index (Phi) is 8.70. The predicted molar refractivity (Wildman–Crippen MR) is 80.8 cm³/mol. The van der Waals surface area contributed by atoms with Gasteiger partial charge in [-0.3, -0.25) is 0 Å². The van der Waals surface area contributed by atoms with Gasteiger partial charge < -0.3 is 10.6 Å². The highest BCUT2D eigenvalue weighted by atomic mass is 15.1. The minimum absolute atomic E-state index is 0.416. The predicted octanol–water partition coefficient (Wildman–Crippen LogP) is 3.80. The van der Waals surface area contributed by atoms with Gasteiger partial charge in [0.1, 0.15) is 0 Å². The summed E-state index contributed by atoms with van der Waals surface area (Å²) < 4.78 is 0. The molecule has 1 fully saturated rings. The lowest BCUT2D eigenvalue weighted by Crippen LogP contribution is -2.43. The average Bonchev–Trinajstić information content (AvgIpc) is 2.42. The topological polar surface area (TPSA) is 29.3 Å². The Hall–Kier alpha value is -0.0800. The summed E-state index contributed by atoms with van der Waals surface area (Å²) in [6, 6.07) is 0.416. The van der Waals surface area contributed by atoms with Crippen molar-refractivity contribution in [3.8, 4) is 0 Å². The molecule has 18 heavy (non-hydrogen) atoms. The maximum atomic E-state index is 6.45. The lowest BCUT2D eigenvalue weighted by molar-refractivity contribution is 0.202. The van der Waals surface area contributed by atoms with E-state index in [4.69, 9.17) is 5.73 Å². The van der Waals surface area contributed by atoms with Crippen molar-refractivity contribution in [3.05, 3.63) is 0 Å². The Labute approximate surface area is 114 Å². The van der Waals surface area contributed by atoms with Gasteiger partial charge in [0, 0.05) is 12.6 Å². The summed E-state index contributed by atoms with van der Waals surface area (Å²) in [5, 5.41) is 0. The van der Waals surface area contributed by atoms with E-state index in [1.165, 1.54) is 70.9 Å². The molecule has 0 aromatic heterocycles. The normalized spacial score (nSPS) is 19.3. The van der Waals surface area contributed by atoms with Gasteiger partial charge in [-0.15, -0.1) is 0 Å². The van der Waals surface area contributed by atoms with Crippen molar-refractivity contribution >= 4 is 0 Å². The van der Waals surface area contributed by atoms with Gasteiger partial charge in [0.25, 0.3) is 0 Å². The van der Waals surface area contributed by atoms with E-state index in [9.17, 15) is 0 Å². The SMILES string of the molecule is CCCCN(CCCC)CC(N)C1CCCCC1. The Morgan fingerprint density at radius 3 is 2.06 bits per heavy atom. The Morgan fingerprint density at radius 1 is 1.00 bits per heavy atom. The van der Waals surface area contributed by atoms with Crippen LogP contribution < -0.4 is 5.73 Å². The molecule has 1 aliphatic rings. The summed E-state index contributed by atoms with van der Waals surface area (Å²) in [5.41, 5.74) is 6.45. The van der Waals surface area contributed by atoms with Crippen LogP contribution in [-0.4, -0.2) is 30.6 Å². The fourth-order valence-corrected chi connectivity index (χ4v) is 3.07. The van der Waals surface area contributed by atoms with Gasteiger partial charge in [-0.1, -0.05) is 46.0 Å². The number of unbranched alkanes of at least 4 members (excludes halogenated alkanes) is 2. The van der Waals surface area contributed by atoms with E-state index in [0.29, 0.717) is 6.04 Å². The highest BCUT2D eigenvalue weighted by Gasteiger charge is 2.22. The van der Waals surface area contributed by atoms with Crippen LogP contribution in [0.25, 0.3) is 0 Å². The van der Waals surface area contributed by atoms with Crippen LogP contribution in [-0.2, 0) is 0 Å². The molecule has 1 unspecified atom stereocenters. The third kappa shape index (κ3) is 6.19. The van der Waals surface area contributed by atoms with Gasteiger partial charge in [-0.2, -0.15) is 0 Å². The smallest absolute Gasteiger partial charge is 0.0196 e. The van der Waals surface area contributed by atoms with E-state index in [1.807, 2.05) is 0 Å². The molecule has 1 aliphatic carbocycles. The number of nitrogens with zero attached hydrogens (tertiary/aromatic N) is 1. The molecule has 0 saturated heterocycles. The van der Waals surface area contributed by atoms with Crippen molar-refractivity contribution in [1.29, 1.82) is 0 Å². The van der Waals surface area contributed by atoms with Gasteiger partial charge in [0.05, 0.1) is 0 Å². The van der Waals surface area contributed by atoms with Gasteiger partial charge >= 0.3 is 0 Å². The molecule has 0 heterocycles. The Balaban J connectivity index is 2.31. The van der Waals surface area contributed by atoms with E-state index in [2.05, 4.69) is 18.7 Å². The number of nitrogens with two attached hydrogens (primary N) is 1. The lowest BCUT2D eigenvalue weighted by Gasteiger charge is -2.32. The fourth-order valence-electron chi connectivity index (χ4n) is 3.07. The molecule has 0 aromatic rings. The van der Waals surface area contributed by atoms with Crippen molar-refractivity contribution in [2.75, 3.05) is 19.6 Å². The van der Waals surface area contributed by atoms with E-state index < -0.39 is 0 Å². The molecular weight excluding hydrogens is 220 g/mol. The van der Waals surface area contributed by atoms with Gasteiger partial charge in [-0.25, -0.2) is 0 Å². The van der Waals surface area contributed by atoms with E-state index in [1.54, 1.807) is 0 Å². The van der Waals surface area contributed by atoms with Gasteiger partial charge in [0.15, 0.2) is 0 Å². The third-order valence-electron chi connectivity index (χ3n) is 4.38. The number of hydrogen-bond acceptors (Lipinski definition) is 2. The summed E-state index contributed by atoms with van der Waals surface area (Å²) in [6.07, 6.45) is 12.2. The van der Waals surface area contributed by atoms with Crippen molar-refractivity contribution in [3.63, 3.8) is 0 Å². The first-order valence-corrected chi connectivity index (χ1v) is 8.25. The van der Waals surface area contributed by atoms with Crippen LogP contribution in [0.1, 0.15) is 71.6 Å². The first-order chi connectivity index (χ1) is 8.77. The number of hydrogen-bond donors (Lipinski definition) is 1. The first-order valence-electron chi connectivity index (χ1n) is 8.25. The molecule has 1 rings (SSSR count). The van der Waals surface area contributed by atoms with E-state index in [-0.39, 0.29) is 0 Å². The quantitative estimate of drug-likeness (QED) is 0.678. The molecule has 0 radical (unpaired) electrons. The molecule has 2 N–H and O–H groups in total. The van der Waals surface area contributed by atoms with Gasteiger partial charge in [-0.05, 0) is 44.7 Å². The molecule has 2 nitrogen and oxygen atoms in total. The molecule has 108 valence electrons. The maximum absolute atomic E-state index is 6.45. The highest BCUT2D eigenvalue weighted by Crippen LogP contribution is 2.26. The van der Waals surface area contributed by atoms with Crippen LogP contribution in [0.4, 0.5) is 0 Å². The average molecular weight is 254 g/mol. The number of rotatable bonds is 9. The largest absolute Gasteiger partial charge is 0.326 e. The second kappa shape index (κ2) is 9.80. The molecule has 0 amide bonds. The van der Waals surface area contributed by atoms with Crippen LogP contribution >= 0.6 is 0 Å². The molecule has 0 spiro atoms. The highest BCUT2D eigenvalue weighted by molar-refractivity contribution is 4.79. The summed E-state index contributed by atoms with van der Waals surface area (Å²) in [6.45, 7) is 8.18. The molecule has 0 aliphatic heterocycles. The molecule has 0 aromatic carbocycles. The van der Waals surface area contributed by atoms with Crippen LogP contribution in [0, 0.1) is 5.92 Å². The Morgan fingerprint density at radius 2 is 1.56 bits per heavy atom. The standard InChI is InChI=1S/C16H34N2/c1-3-5-12-18(13-6-4-2)14-16(17)15-10-8-7-9-11-15/h15-16H,3-14,17H2,1-2H3. The van der Waals surface area contributed by atoms with E-state index >= 15 is 0 Å². The minimum Gasteiger partial charge on any atom is -0.326 e. The Bertz CT molecular complexity index is 180.